The number of carbonyl (C=O) groups excluding carboxylic acids is 1. The summed E-state index contributed by atoms with van der Waals surface area (Å²) in [5, 5.41) is 20.2. The molecule has 0 saturated carbocycles. The van der Waals surface area contributed by atoms with E-state index in [2.05, 4.69) is 10.3 Å². The Labute approximate surface area is 127 Å². The SMILES string of the molecule is CCOC(=O)c1cc2ccccc2c2c(C(C)(C)O)nnn12. The zero-order valence-electron chi connectivity index (χ0n) is 12.7. The van der Waals surface area contributed by atoms with Crippen molar-refractivity contribution in [2.75, 3.05) is 6.61 Å². The largest absolute Gasteiger partial charge is 0.461 e. The van der Waals surface area contributed by atoms with E-state index in [-0.39, 0.29) is 6.61 Å². The molecule has 0 atom stereocenters. The number of nitrogens with zero attached hydrogens (tertiary/aromatic N) is 3. The van der Waals surface area contributed by atoms with Crippen LogP contribution in [0.3, 0.4) is 0 Å². The van der Waals surface area contributed by atoms with E-state index in [1.807, 2.05) is 24.3 Å². The lowest BCUT2D eigenvalue weighted by Gasteiger charge is -2.15. The molecule has 3 rings (SSSR count). The Morgan fingerprint density at radius 3 is 2.77 bits per heavy atom. The van der Waals surface area contributed by atoms with E-state index < -0.39 is 11.6 Å². The standard InChI is InChI=1S/C16H17N3O3/c1-4-22-15(20)12-9-10-7-5-6-8-11(10)13-14(16(2,3)21)17-18-19(12)13/h5-9,21H,4H2,1-3H3. The number of rotatable bonds is 3. The maximum atomic E-state index is 12.2. The van der Waals surface area contributed by atoms with Gasteiger partial charge in [-0.15, -0.1) is 5.10 Å². The third-order valence-corrected chi connectivity index (χ3v) is 3.47. The average molecular weight is 299 g/mol. The molecular formula is C16H17N3O3. The van der Waals surface area contributed by atoms with Crippen molar-refractivity contribution < 1.29 is 14.6 Å². The number of carbonyl (C=O) groups is 1. The molecule has 0 saturated heterocycles. The van der Waals surface area contributed by atoms with Crippen molar-refractivity contribution in [3.05, 3.63) is 41.7 Å². The number of aromatic nitrogens is 3. The Morgan fingerprint density at radius 1 is 1.36 bits per heavy atom. The first kappa shape index (κ1) is 14.5. The van der Waals surface area contributed by atoms with Gasteiger partial charge in [0, 0.05) is 5.39 Å². The molecule has 2 heterocycles. The van der Waals surface area contributed by atoms with Crippen LogP contribution in [0.4, 0.5) is 0 Å². The molecule has 0 aliphatic carbocycles. The number of fused-ring (bicyclic) bond motifs is 3. The van der Waals surface area contributed by atoms with Crippen LogP contribution in [0, 0.1) is 0 Å². The third-order valence-electron chi connectivity index (χ3n) is 3.47. The van der Waals surface area contributed by atoms with Gasteiger partial charge < -0.3 is 9.84 Å². The van der Waals surface area contributed by atoms with Gasteiger partial charge in [-0.05, 0) is 32.2 Å². The van der Waals surface area contributed by atoms with Gasteiger partial charge in [0.1, 0.15) is 16.8 Å². The molecule has 0 aliphatic heterocycles. The molecule has 0 bridgehead atoms. The van der Waals surface area contributed by atoms with E-state index in [0.717, 1.165) is 10.8 Å². The molecule has 1 N–H and O–H groups in total. The van der Waals surface area contributed by atoms with Crippen molar-refractivity contribution >= 4 is 22.3 Å². The number of ether oxygens (including phenoxy) is 1. The molecule has 0 fully saturated rings. The lowest BCUT2D eigenvalue weighted by Crippen LogP contribution is -2.17. The lowest BCUT2D eigenvalue weighted by atomic mass is 10.0. The van der Waals surface area contributed by atoms with E-state index in [1.54, 1.807) is 26.8 Å². The van der Waals surface area contributed by atoms with Crippen LogP contribution in [0.5, 0.6) is 0 Å². The summed E-state index contributed by atoms with van der Waals surface area (Å²) in [4.78, 5) is 12.2. The minimum Gasteiger partial charge on any atom is -0.461 e. The number of hydrogen-bond donors (Lipinski definition) is 1. The quantitative estimate of drug-likeness (QED) is 0.751. The van der Waals surface area contributed by atoms with Crippen molar-refractivity contribution in [1.29, 1.82) is 0 Å². The molecule has 0 spiro atoms. The second-order valence-corrected chi connectivity index (χ2v) is 5.59. The Morgan fingerprint density at radius 2 is 2.09 bits per heavy atom. The predicted molar refractivity (Wildman–Crippen MR) is 81.7 cm³/mol. The second-order valence-electron chi connectivity index (χ2n) is 5.59. The van der Waals surface area contributed by atoms with Gasteiger partial charge >= 0.3 is 5.97 Å². The first-order valence-electron chi connectivity index (χ1n) is 7.10. The fraction of sp³-hybridized carbons (Fsp3) is 0.312. The van der Waals surface area contributed by atoms with Crippen molar-refractivity contribution in [3.63, 3.8) is 0 Å². The van der Waals surface area contributed by atoms with Crippen molar-refractivity contribution in [3.8, 4) is 0 Å². The Hall–Kier alpha value is -2.47. The van der Waals surface area contributed by atoms with E-state index in [9.17, 15) is 9.90 Å². The Bertz CT molecular complexity index is 862. The smallest absolute Gasteiger partial charge is 0.357 e. The normalized spacial score (nSPS) is 12.0. The second kappa shape index (κ2) is 5.06. The summed E-state index contributed by atoms with van der Waals surface area (Å²) in [6, 6.07) is 9.33. The minimum atomic E-state index is -1.17. The van der Waals surface area contributed by atoms with Crippen LogP contribution in [0.1, 0.15) is 37.0 Å². The summed E-state index contributed by atoms with van der Waals surface area (Å²) in [6.45, 7) is 5.31. The monoisotopic (exact) mass is 299 g/mol. The number of aliphatic hydroxyl groups is 1. The molecule has 114 valence electrons. The fourth-order valence-corrected chi connectivity index (χ4v) is 2.50. The summed E-state index contributed by atoms with van der Waals surface area (Å²) in [7, 11) is 0. The number of pyridine rings is 1. The van der Waals surface area contributed by atoms with Crippen LogP contribution in [0.25, 0.3) is 16.3 Å². The van der Waals surface area contributed by atoms with Gasteiger partial charge in [-0.2, -0.15) is 0 Å². The van der Waals surface area contributed by atoms with E-state index in [1.165, 1.54) is 4.52 Å². The van der Waals surface area contributed by atoms with Gasteiger partial charge in [0.15, 0.2) is 5.69 Å². The van der Waals surface area contributed by atoms with Gasteiger partial charge in [-0.1, -0.05) is 29.5 Å². The van der Waals surface area contributed by atoms with Gasteiger partial charge in [-0.3, -0.25) is 0 Å². The zero-order valence-corrected chi connectivity index (χ0v) is 12.7. The van der Waals surface area contributed by atoms with Crippen LogP contribution in [0.2, 0.25) is 0 Å². The maximum absolute atomic E-state index is 12.2. The van der Waals surface area contributed by atoms with Crippen LogP contribution < -0.4 is 0 Å². The first-order chi connectivity index (χ1) is 10.4. The predicted octanol–water partition coefficient (Wildman–Crippen LogP) is 2.29. The summed E-state index contributed by atoms with van der Waals surface area (Å²) >= 11 is 0. The highest BCUT2D eigenvalue weighted by Gasteiger charge is 2.27. The van der Waals surface area contributed by atoms with Crippen molar-refractivity contribution in [2.24, 2.45) is 0 Å². The topological polar surface area (TPSA) is 76.7 Å². The number of benzene rings is 1. The zero-order chi connectivity index (χ0) is 15.9. The highest BCUT2D eigenvalue weighted by atomic mass is 16.5. The van der Waals surface area contributed by atoms with Gasteiger partial charge in [0.25, 0.3) is 0 Å². The average Bonchev–Trinajstić information content (AvgIpc) is 2.91. The van der Waals surface area contributed by atoms with Gasteiger partial charge in [0.2, 0.25) is 0 Å². The lowest BCUT2D eigenvalue weighted by molar-refractivity contribution is 0.0516. The van der Waals surface area contributed by atoms with Gasteiger partial charge in [-0.25, -0.2) is 9.31 Å². The van der Waals surface area contributed by atoms with Crippen LogP contribution in [0.15, 0.2) is 30.3 Å². The molecule has 3 aromatic rings. The molecule has 6 nitrogen and oxygen atoms in total. The van der Waals surface area contributed by atoms with E-state index in [0.29, 0.717) is 16.9 Å². The molecule has 0 aliphatic rings. The number of esters is 1. The molecule has 2 aromatic heterocycles. The molecule has 1 aromatic carbocycles. The minimum absolute atomic E-state index is 0.278. The van der Waals surface area contributed by atoms with Crippen LogP contribution >= 0.6 is 0 Å². The van der Waals surface area contributed by atoms with Crippen LogP contribution in [-0.2, 0) is 10.3 Å². The maximum Gasteiger partial charge on any atom is 0.357 e. The third kappa shape index (κ3) is 2.21. The fourth-order valence-electron chi connectivity index (χ4n) is 2.50. The van der Waals surface area contributed by atoms with Crippen molar-refractivity contribution in [1.82, 2.24) is 14.8 Å². The van der Waals surface area contributed by atoms with Crippen molar-refractivity contribution in [2.45, 2.75) is 26.4 Å². The molecule has 0 radical (unpaired) electrons. The molecule has 6 heteroatoms. The summed E-state index contributed by atoms with van der Waals surface area (Å²) in [6.07, 6.45) is 0. The summed E-state index contributed by atoms with van der Waals surface area (Å²) < 4.78 is 6.53. The first-order valence-corrected chi connectivity index (χ1v) is 7.10. The van der Waals surface area contributed by atoms with Gasteiger partial charge in [0.05, 0.1) is 6.61 Å². The summed E-state index contributed by atoms with van der Waals surface area (Å²) in [5.41, 5.74) is 0.166. The molecule has 0 amide bonds. The Kier molecular flexibility index (Phi) is 3.33. The number of hydrogen-bond acceptors (Lipinski definition) is 5. The highest BCUT2D eigenvalue weighted by molar-refractivity contribution is 6.02. The van der Waals surface area contributed by atoms with E-state index in [4.69, 9.17) is 4.74 Å². The Balaban J connectivity index is 2.43. The highest BCUT2D eigenvalue weighted by Crippen LogP contribution is 2.29. The van der Waals surface area contributed by atoms with E-state index >= 15 is 0 Å². The molecular weight excluding hydrogens is 282 g/mol. The summed E-state index contributed by atoms with van der Waals surface area (Å²) in [5.74, 6) is -0.467. The molecule has 22 heavy (non-hydrogen) atoms. The molecule has 0 unspecified atom stereocenters. The van der Waals surface area contributed by atoms with Crippen LogP contribution in [-0.4, -0.2) is 32.5 Å².